The van der Waals surface area contributed by atoms with Gasteiger partial charge in [-0.25, -0.2) is 4.98 Å². The molecular weight excluding hydrogens is 378 g/mol. The zero-order valence-electron chi connectivity index (χ0n) is 16.8. The Morgan fingerprint density at radius 3 is 2.34 bits per heavy atom. The van der Waals surface area contributed by atoms with Crippen molar-refractivity contribution in [3.8, 4) is 0 Å². The zero-order valence-corrected chi connectivity index (χ0v) is 17.7. The highest BCUT2D eigenvalue weighted by Crippen LogP contribution is 2.29. The molecule has 29 heavy (non-hydrogen) atoms. The van der Waals surface area contributed by atoms with Gasteiger partial charge >= 0.3 is 0 Å². The first-order chi connectivity index (χ1) is 14.0. The van der Waals surface area contributed by atoms with Gasteiger partial charge < -0.3 is 4.98 Å². The van der Waals surface area contributed by atoms with Gasteiger partial charge in [0.2, 0.25) is 0 Å². The van der Waals surface area contributed by atoms with Crippen molar-refractivity contribution in [2.45, 2.75) is 38.8 Å². The van der Waals surface area contributed by atoms with Crippen LogP contribution in [0.3, 0.4) is 0 Å². The fourth-order valence-corrected chi connectivity index (χ4v) is 4.32. The molecule has 0 aliphatic rings. The van der Waals surface area contributed by atoms with Gasteiger partial charge in [-0.15, -0.1) is 11.3 Å². The van der Waals surface area contributed by atoms with Crippen LogP contribution < -0.4 is 10.9 Å². The van der Waals surface area contributed by atoms with Crippen molar-refractivity contribution in [2.75, 3.05) is 0 Å². The van der Waals surface area contributed by atoms with Crippen molar-refractivity contribution >= 4 is 22.2 Å². The van der Waals surface area contributed by atoms with E-state index in [1.807, 2.05) is 25.1 Å². The number of benzene rings is 2. The van der Waals surface area contributed by atoms with Crippen LogP contribution in [0, 0.1) is 0 Å². The van der Waals surface area contributed by atoms with E-state index >= 15 is 0 Å². The molecule has 2 heterocycles. The lowest BCUT2D eigenvalue weighted by molar-refractivity contribution is 0.500. The van der Waals surface area contributed by atoms with Gasteiger partial charge in [0.15, 0.2) is 0 Å². The molecule has 0 spiro atoms. The Morgan fingerprint density at radius 2 is 1.66 bits per heavy atom. The molecule has 4 nitrogen and oxygen atoms in total. The number of aromatic nitrogens is 2. The van der Waals surface area contributed by atoms with Gasteiger partial charge in [-0.05, 0) is 47.5 Å². The molecule has 0 aliphatic heterocycles. The molecule has 0 bridgehead atoms. The summed E-state index contributed by atoms with van der Waals surface area (Å²) in [7, 11) is 0. The lowest BCUT2D eigenvalue weighted by Gasteiger charge is -2.23. The Morgan fingerprint density at radius 1 is 0.931 bits per heavy atom. The van der Waals surface area contributed by atoms with Crippen molar-refractivity contribution in [1.29, 1.82) is 0 Å². The van der Waals surface area contributed by atoms with Crippen LogP contribution in [0.5, 0.6) is 0 Å². The molecule has 148 valence electrons. The van der Waals surface area contributed by atoms with Crippen LogP contribution >= 0.6 is 11.3 Å². The Hall–Kier alpha value is -2.76. The summed E-state index contributed by atoms with van der Waals surface area (Å²) in [6.45, 7) is 6.44. The molecular formula is C24H25N3OS. The number of aromatic amines is 1. The molecule has 2 aromatic carbocycles. The van der Waals surface area contributed by atoms with E-state index in [-0.39, 0.29) is 17.6 Å². The molecule has 0 unspecified atom stereocenters. The van der Waals surface area contributed by atoms with E-state index in [9.17, 15) is 4.79 Å². The van der Waals surface area contributed by atoms with Crippen LogP contribution in [-0.4, -0.2) is 9.97 Å². The van der Waals surface area contributed by atoms with Crippen molar-refractivity contribution in [1.82, 2.24) is 15.3 Å². The Balaban J connectivity index is 1.67. The van der Waals surface area contributed by atoms with Crippen LogP contribution in [0.4, 0.5) is 0 Å². The molecule has 0 saturated heterocycles. The number of nitrogens with zero attached hydrogens (tertiary/aromatic N) is 1. The minimum absolute atomic E-state index is 0.0305. The maximum Gasteiger partial charge on any atom is 0.258 e. The largest absolute Gasteiger partial charge is 0.309 e. The van der Waals surface area contributed by atoms with Crippen LogP contribution in [0.2, 0.25) is 0 Å². The van der Waals surface area contributed by atoms with E-state index < -0.39 is 0 Å². The van der Waals surface area contributed by atoms with Gasteiger partial charge in [0, 0.05) is 4.88 Å². The number of thiophene rings is 1. The number of nitrogens with one attached hydrogen (secondary N) is 2. The monoisotopic (exact) mass is 403 g/mol. The number of rotatable bonds is 6. The van der Waals surface area contributed by atoms with Gasteiger partial charge in [0.1, 0.15) is 5.82 Å². The molecule has 0 amide bonds. The summed E-state index contributed by atoms with van der Waals surface area (Å²) in [6, 6.07) is 20.3. The second kappa shape index (κ2) is 8.31. The third kappa shape index (κ3) is 4.16. The highest BCUT2D eigenvalue weighted by molar-refractivity contribution is 7.10. The summed E-state index contributed by atoms with van der Waals surface area (Å²) < 4.78 is 0. The Bertz CT molecular complexity index is 1150. The average Bonchev–Trinajstić information content (AvgIpc) is 3.26. The van der Waals surface area contributed by atoms with Crippen molar-refractivity contribution in [2.24, 2.45) is 0 Å². The number of hydrogen-bond acceptors (Lipinski definition) is 4. The van der Waals surface area contributed by atoms with E-state index in [0.29, 0.717) is 22.6 Å². The summed E-state index contributed by atoms with van der Waals surface area (Å²) in [5.74, 6) is 1.15. The summed E-state index contributed by atoms with van der Waals surface area (Å²) in [5, 5.41) is 6.37. The lowest BCUT2D eigenvalue weighted by Crippen LogP contribution is -2.28. The Kier molecular flexibility index (Phi) is 5.60. The van der Waals surface area contributed by atoms with Crippen molar-refractivity contribution < 1.29 is 0 Å². The molecule has 2 aromatic heterocycles. The van der Waals surface area contributed by atoms with Crippen LogP contribution in [0.15, 0.2) is 70.8 Å². The quantitative estimate of drug-likeness (QED) is 0.444. The first-order valence-corrected chi connectivity index (χ1v) is 10.8. The van der Waals surface area contributed by atoms with Crippen LogP contribution in [0.25, 0.3) is 10.9 Å². The van der Waals surface area contributed by atoms with Crippen molar-refractivity contribution in [3.63, 3.8) is 0 Å². The first kappa shape index (κ1) is 19.6. The van der Waals surface area contributed by atoms with Crippen LogP contribution in [0.1, 0.15) is 60.6 Å². The average molecular weight is 404 g/mol. The fraction of sp³-hybridized carbons (Fsp3) is 0.250. The standard InChI is InChI=1S/C24H25N3OS/c1-15(2)17-10-12-18(13-11-17)22(21-9-6-14-29-21)25-16(3)23-26-20-8-5-4-7-19(20)24(28)27-23/h4-16,22,25H,1-3H3,(H,26,27,28)/t16-,22-/m0/s1. The summed E-state index contributed by atoms with van der Waals surface area (Å²) in [4.78, 5) is 21.3. The number of para-hydroxylation sites is 1. The smallest absolute Gasteiger partial charge is 0.258 e. The van der Waals surface area contributed by atoms with Gasteiger partial charge in [-0.1, -0.05) is 56.3 Å². The van der Waals surface area contributed by atoms with Gasteiger partial charge in [0.25, 0.3) is 5.56 Å². The highest BCUT2D eigenvalue weighted by Gasteiger charge is 2.20. The molecule has 0 fully saturated rings. The molecule has 2 atom stereocenters. The predicted octanol–water partition coefficient (Wildman–Crippen LogP) is 5.55. The molecule has 0 radical (unpaired) electrons. The van der Waals surface area contributed by atoms with Gasteiger partial charge in [-0.3, -0.25) is 10.1 Å². The molecule has 4 aromatic rings. The summed E-state index contributed by atoms with van der Waals surface area (Å²) >= 11 is 1.72. The maximum atomic E-state index is 12.5. The molecule has 0 aliphatic carbocycles. The van der Waals surface area contributed by atoms with Gasteiger partial charge in [0.05, 0.1) is 23.0 Å². The molecule has 0 saturated carbocycles. The number of fused-ring (bicyclic) bond motifs is 1. The van der Waals surface area contributed by atoms with E-state index in [0.717, 1.165) is 0 Å². The predicted molar refractivity (Wildman–Crippen MR) is 121 cm³/mol. The highest BCUT2D eigenvalue weighted by atomic mass is 32.1. The summed E-state index contributed by atoms with van der Waals surface area (Å²) in [6.07, 6.45) is 0. The molecule has 5 heteroatoms. The third-order valence-electron chi connectivity index (χ3n) is 5.22. The van der Waals surface area contributed by atoms with E-state index in [1.165, 1.54) is 16.0 Å². The maximum absolute atomic E-state index is 12.5. The second-order valence-electron chi connectivity index (χ2n) is 7.63. The fourth-order valence-electron chi connectivity index (χ4n) is 3.51. The Labute approximate surface area is 174 Å². The SMILES string of the molecule is CC(C)c1ccc([C@H](N[C@@H](C)c2nc3ccccc3c(=O)[nH]2)c2cccs2)cc1. The molecule has 4 rings (SSSR count). The second-order valence-corrected chi connectivity index (χ2v) is 8.61. The normalized spacial score (nSPS) is 13.7. The topological polar surface area (TPSA) is 57.8 Å². The van der Waals surface area contributed by atoms with Crippen LogP contribution in [-0.2, 0) is 0 Å². The van der Waals surface area contributed by atoms with E-state index in [1.54, 1.807) is 17.4 Å². The minimum atomic E-state index is -0.121. The van der Waals surface area contributed by atoms with E-state index in [4.69, 9.17) is 0 Å². The lowest BCUT2D eigenvalue weighted by atomic mass is 9.98. The number of hydrogen-bond donors (Lipinski definition) is 2. The van der Waals surface area contributed by atoms with Crippen molar-refractivity contribution in [3.05, 3.63) is 98.2 Å². The van der Waals surface area contributed by atoms with Gasteiger partial charge in [-0.2, -0.15) is 0 Å². The summed E-state index contributed by atoms with van der Waals surface area (Å²) in [5.41, 5.74) is 3.14. The number of H-pyrrole nitrogens is 1. The zero-order chi connectivity index (χ0) is 20.4. The molecule has 2 N–H and O–H groups in total. The third-order valence-corrected chi connectivity index (χ3v) is 6.16. The first-order valence-electron chi connectivity index (χ1n) is 9.91. The minimum Gasteiger partial charge on any atom is -0.309 e. The van der Waals surface area contributed by atoms with E-state index in [2.05, 4.69) is 70.9 Å².